The molecule has 23 heavy (non-hydrogen) atoms. The summed E-state index contributed by atoms with van der Waals surface area (Å²) in [6.45, 7) is 0. The average Bonchev–Trinajstić information content (AvgIpc) is 3.04. The molecule has 0 fully saturated rings. The minimum absolute atomic E-state index is 0.398. The van der Waals surface area contributed by atoms with Crippen LogP contribution in [0.3, 0.4) is 0 Å². The normalized spacial score (nSPS) is 10.1. The molecule has 0 spiro atoms. The number of halogens is 1. The number of benzene rings is 2. The van der Waals surface area contributed by atoms with Gasteiger partial charge in [-0.05, 0) is 59.0 Å². The van der Waals surface area contributed by atoms with Gasteiger partial charge in [0, 0.05) is 10.2 Å². The third-order valence-electron chi connectivity index (χ3n) is 2.86. The van der Waals surface area contributed by atoms with E-state index in [9.17, 15) is 0 Å². The first-order chi connectivity index (χ1) is 11.2. The summed E-state index contributed by atoms with van der Waals surface area (Å²) in [6.07, 6.45) is 0. The van der Waals surface area contributed by atoms with Crippen LogP contribution in [0.25, 0.3) is 5.69 Å². The van der Waals surface area contributed by atoms with Gasteiger partial charge in [0.25, 0.3) is 5.95 Å². The number of hydrogen-bond donors (Lipinski definition) is 3. The van der Waals surface area contributed by atoms with Crippen molar-refractivity contribution in [3.05, 3.63) is 59.1 Å². The predicted molar refractivity (Wildman–Crippen MR) is 96.3 cm³/mol. The molecule has 0 radical (unpaired) electrons. The molecule has 2 aromatic carbocycles. The highest BCUT2D eigenvalue weighted by Crippen LogP contribution is 2.14. The van der Waals surface area contributed by atoms with Gasteiger partial charge in [-0.15, -0.1) is 0 Å². The zero-order valence-corrected chi connectivity index (χ0v) is 14.2. The number of hydrogen-bond acceptors (Lipinski definition) is 5. The molecule has 0 aliphatic rings. The van der Waals surface area contributed by atoms with Crippen molar-refractivity contribution < 1.29 is 0 Å². The molecule has 7 nitrogen and oxygen atoms in total. The van der Waals surface area contributed by atoms with Gasteiger partial charge in [0.05, 0.1) is 5.69 Å². The Bertz CT molecular complexity index is 788. The second-order valence-electron chi connectivity index (χ2n) is 4.46. The Morgan fingerprint density at radius 3 is 2.52 bits per heavy atom. The molecule has 0 bridgehead atoms. The highest BCUT2D eigenvalue weighted by atomic mass is 79.9. The number of rotatable bonds is 4. The molecule has 1 heterocycles. The maximum Gasteiger partial charge on any atom is 0.266 e. The largest absolute Gasteiger partial charge is 0.331 e. The molecule has 3 N–H and O–H groups in total. The molecule has 0 saturated carbocycles. The number of tetrazole rings is 1. The van der Waals surface area contributed by atoms with Gasteiger partial charge in [0.15, 0.2) is 5.11 Å². The second kappa shape index (κ2) is 7.16. The Balaban J connectivity index is 1.62. The summed E-state index contributed by atoms with van der Waals surface area (Å²) in [5.41, 5.74) is 7.45. The SMILES string of the molecule is S=C(NNc1nnnn1-c1ccccc1)Nc1ccc(Br)cc1. The lowest BCUT2D eigenvalue weighted by molar-refractivity contribution is 0.788. The van der Waals surface area contributed by atoms with Crippen LogP contribution in [-0.4, -0.2) is 25.3 Å². The smallest absolute Gasteiger partial charge is 0.266 e. The number of nitrogens with zero attached hydrogens (tertiary/aromatic N) is 4. The van der Waals surface area contributed by atoms with Gasteiger partial charge in [-0.3, -0.25) is 10.9 Å². The number of aromatic nitrogens is 4. The molecule has 0 atom stereocenters. The fourth-order valence-corrected chi connectivity index (χ4v) is 2.25. The van der Waals surface area contributed by atoms with Gasteiger partial charge >= 0.3 is 0 Å². The molecule has 0 aliphatic heterocycles. The van der Waals surface area contributed by atoms with Crippen LogP contribution in [0.4, 0.5) is 11.6 Å². The number of para-hydroxylation sites is 1. The van der Waals surface area contributed by atoms with Crippen molar-refractivity contribution >= 4 is 44.9 Å². The van der Waals surface area contributed by atoms with Crippen LogP contribution in [0.1, 0.15) is 0 Å². The van der Waals surface area contributed by atoms with E-state index in [4.69, 9.17) is 12.2 Å². The first kappa shape index (κ1) is 15.4. The summed E-state index contributed by atoms with van der Waals surface area (Å²) in [5, 5.41) is 15.0. The monoisotopic (exact) mass is 389 g/mol. The zero-order chi connectivity index (χ0) is 16.1. The van der Waals surface area contributed by atoms with E-state index >= 15 is 0 Å². The molecule has 0 saturated heterocycles. The molecular weight excluding hydrogens is 378 g/mol. The third-order valence-corrected chi connectivity index (χ3v) is 3.59. The minimum atomic E-state index is 0.398. The molecule has 1 aromatic heterocycles. The standard InChI is InChI=1S/C14H12BrN7S/c15-10-6-8-11(9-7-10)16-14(23)19-17-13-18-20-21-22(13)12-4-2-1-3-5-12/h1-9H,(H2,16,19,23)(H,17,18,21). The summed E-state index contributed by atoms with van der Waals surface area (Å²) in [7, 11) is 0. The van der Waals surface area contributed by atoms with Crippen molar-refractivity contribution in [3.8, 4) is 5.69 Å². The van der Waals surface area contributed by atoms with Crippen LogP contribution in [0, 0.1) is 0 Å². The van der Waals surface area contributed by atoms with E-state index in [1.165, 1.54) is 0 Å². The topological polar surface area (TPSA) is 79.7 Å². The van der Waals surface area contributed by atoms with Crippen molar-refractivity contribution in [3.63, 3.8) is 0 Å². The van der Waals surface area contributed by atoms with Gasteiger partial charge in [0.1, 0.15) is 0 Å². The van der Waals surface area contributed by atoms with Gasteiger partial charge in [-0.25, -0.2) is 0 Å². The quantitative estimate of drug-likeness (QED) is 0.467. The number of nitrogens with one attached hydrogen (secondary N) is 3. The van der Waals surface area contributed by atoms with Gasteiger partial charge in [0.2, 0.25) is 0 Å². The minimum Gasteiger partial charge on any atom is -0.331 e. The molecule has 0 unspecified atom stereocenters. The molecule has 3 aromatic rings. The average molecular weight is 390 g/mol. The van der Waals surface area contributed by atoms with Gasteiger partial charge in [-0.1, -0.05) is 39.2 Å². The Morgan fingerprint density at radius 2 is 1.78 bits per heavy atom. The van der Waals surface area contributed by atoms with Gasteiger partial charge in [-0.2, -0.15) is 4.68 Å². The first-order valence-corrected chi connectivity index (χ1v) is 7.85. The Morgan fingerprint density at radius 1 is 1.04 bits per heavy atom. The summed E-state index contributed by atoms with van der Waals surface area (Å²) in [4.78, 5) is 0. The maximum atomic E-state index is 5.23. The summed E-state index contributed by atoms with van der Waals surface area (Å²) in [5.74, 6) is 0.427. The summed E-state index contributed by atoms with van der Waals surface area (Å²) < 4.78 is 2.57. The van der Waals surface area contributed by atoms with Crippen LogP contribution in [0.15, 0.2) is 59.1 Å². The van der Waals surface area contributed by atoms with Crippen molar-refractivity contribution in [2.24, 2.45) is 0 Å². The van der Waals surface area contributed by atoms with E-state index in [-0.39, 0.29) is 0 Å². The van der Waals surface area contributed by atoms with Crippen LogP contribution < -0.4 is 16.2 Å². The predicted octanol–water partition coefficient (Wildman–Crippen LogP) is 2.74. The molecule has 9 heteroatoms. The number of hydrazine groups is 1. The van der Waals surface area contributed by atoms with Crippen LogP contribution >= 0.6 is 28.1 Å². The van der Waals surface area contributed by atoms with E-state index < -0.39 is 0 Å². The molecule has 0 aliphatic carbocycles. The zero-order valence-electron chi connectivity index (χ0n) is 11.8. The molecule has 116 valence electrons. The molecule has 0 amide bonds. The van der Waals surface area contributed by atoms with Crippen LogP contribution in [-0.2, 0) is 0 Å². The van der Waals surface area contributed by atoms with E-state index in [1.54, 1.807) is 4.68 Å². The number of anilines is 2. The first-order valence-electron chi connectivity index (χ1n) is 6.65. The van der Waals surface area contributed by atoms with Crippen molar-refractivity contribution in [1.82, 2.24) is 25.6 Å². The fourth-order valence-electron chi connectivity index (χ4n) is 1.82. The summed E-state index contributed by atoms with van der Waals surface area (Å²) >= 11 is 8.61. The van der Waals surface area contributed by atoms with Crippen molar-refractivity contribution in [2.75, 3.05) is 10.7 Å². The second-order valence-corrected chi connectivity index (χ2v) is 5.78. The van der Waals surface area contributed by atoms with E-state index in [0.29, 0.717) is 11.1 Å². The number of thiocarbonyl (C=S) groups is 1. The lowest BCUT2D eigenvalue weighted by atomic mass is 10.3. The highest BCUT2D eigenvalue weighted by Gasteiger charge is 2.07. The van der Waals surface area contributed by atoms with Crippen molar-refractivity contribution in [1.29, 1.82) is 0 Å². The molecule has 3 rings (SSSR count). The molecular formula is C14H12BrN7S. The van der Waals surface area contributed by atoms with E-state index in [0.717, 1.165) is 15.8 Å². The third kappa shape index (κ3) is 4.02. The Hall–Kier alpha value is -2.52. The van der Waals surface area contributed by atoms with Gasteiger partial charge < -0.3 is 5.32 Å². The lowest BCUT2D eigenvalue weighted by Gasteiger charge is -2.12. The fraction of sp³-hybridized carbons (Fsp3) is 0. The Labute approximate surface area is 146 Å². The maximum absolute atomic E-state index is 5.23. The van der Waals surface area contributed by atoms with Crippen LogP contribution in [0.2, 0.25) is 0 Å². The van der Waals surface area contributed by atoms with Crippen molar-refractivity contribution in [2.45, 2.75) is 0 Å². The Kier molecular flexibility index (Phi) is 4.79. The lowest BCUT2D eigenvalue weighted by Crippen LogP contribution is -2.34. The van der Waals surface area contributed by atoms with E-state index in [1.807, 2.05) is 54.6 Å². The van der Waals surface area contributed by atoms with E-state index in [2.05, 4.69) is 47.6 Å². The van der Waals surface area contributed by atoms with Crippen LogP contribution in [0.5, 0.6) is 0 Å². The highest BCUT2D eigenvalue weighted by molar-refractivity contribution is 9.10. The summed E-state index contributed by atoms with van der Waals surface area (Å²) in [6, 6.07) is 17.2.